The van der Waals surface area contributed by atoms with Crippen LogP contribution in [0, 0.1) is 0 Å². The lowest BCUT2D eigenvalue weighted by molar-refractivity contribution is -0.692. The van der Waals surface area contributed by atoms with Gasteiger partial charge in [0.2, 0.25) is 5.51 Å². The topological polar surface area (TPSA) is 56.5 Å². The standard InChI is InChI=1S/C29H50NO4S.BrH/c1-3-4-5-6-7-8-9-10-11-12-13-14-16-19-28(31)33-24-27(2)25-34-29(32)20-17-15-18-21-30-22-23-35-26-30;/h22-23,26H,2-21,24-25H2,1H3;1H/q+1;/p-1. The summed E-state index contributed by atoms with van der Waals surface area (Å²) in [4.78, 5) is 23.8. The number of rotatable bonds is 24. The van der Waals surface area contributed by atoms with Crippen molar-refractivity contribution < 1.29 is 40.6 Å². The molecule has 1 aromatic heterocycles. The number of aromatic nitrogens is 1. The number of halogens is 1. The van der Waals surface area contributed by atoms with Crippen LogP contribution in [-0.4, -0.2) is 25.2 Å². The lowest BCUT2D eigenvalue weighted by atomic mass is 10.0. The third kappa shape index (κ3) is 22.0. The summed E-state index contributed by atoms with van der Waals surface area (Å²) in [7, 11) is 0. The molecular formula is C29H50BrNO4S. The number of ether oxygens (including phenoxy) is 2. The summed E-state index contributed by atoms with van der Waals surface area (Å²) in [5.41, 5.74) is 2.71. The van der Waals surface area contributed by atoms with Crippen molar-refractivity contribution in [2.75, 3.05) is 13.2 Å². The van der Waals surface area contributed by atoms with Gasteiger partial charge in [-0.15, -0.1) is 0 Å². The molecule has 0 atom stereocenters. The van der Waals surface area contributed by atoms with Gasteiger partial charge in [-0.25, -0.2) is 0 Å². The van der Waals surface area contributed by atoms with Crippen LogP contribution in [0.1, 0.15) is 122 Å². The molecule has 208 valence electrons. The Morgan fingerprint density at radius 3 is 1.61 bits per heavy atom. The Morgan fingerprint density at radius 1 is 0.722 bits per heavy atom. The first-order chi connectivity index (χ1) is 17.1. The highest BCUT2D eigenvalue weighted by Crippen LogP contribution is 2.13. The van der Waals surface area contributed by atoms with E-state index in [1.807, 2.05) is 0 Å². The summed E-state index contributed by atoms with van der Waals surface area (Å²) in [6, 6.07) is 0. The molecule has 0 aliphatic heterocycles. The van der Waals surface area contributed by atoms with E-state index in [-0.39, 0.29) is 42.1 Å². The first-order valence-electron chi connectivity index (χ1n) is 14.0. The van der Waals surface area contributed by atoms with E-state index < -0.39 is 0 Å². The Labute approximate surface area is 234 Å². The predicted octanol–water partition coefficient (Wildman–Crippen LogP) is 4.72. The van der Waals surface area contributed by atoms with E-state index in [1.165, 1.54) is 70.6 Å². The van der Waals surface area contributed by atoms with E-state index >= 15 is 0 Å². The van der Waals surface area contributed by atoms with Crippen molar-refractivity contribution in [3.63, 3.8) is 0 Å². The monoisotopic (exact) mass is 587 g/mol. The van der Waals surface area contributed by atoms with Gasteiger partial charge in [0.1, 0.15) is 19.8 Å². The zero-order chi connectivity index (χ0) is 25.4. The molecule has 1 aromatic rings. The second-order valence-electron chi connectivity index (χ2n) is 9.64. The lowest BCUT2D eigenvalue weighted by Crippen LogP contribution is -3.00. The highest BCUT2D eigenvalue weighted by molar-refractivity contribution is 7.07. The summed E-state index contributed by atoms with van der Waals surface area (Å²) in [6.45, 7) is 7.35. The predicted molar refractivity (Wildman–Crippen MR) is 144 cm³/mol. The number of nitrogens with zero attached hydrogens (tertiary/aromatic N) is 1. The van der Waals surface area contributed by atoms with Crippen LogP contribution >= 0.6 is 11.3 Å². The van der Waals surface area contributed by atoms with Crippen molar-refractivity contribution in [1.29, 1.82) is 0 Å². The molecule has 0 aromatic carbocycles. The molecule has 0 radical (unpaired) electrons. The number of carbonyl (C=O) groups excluding carboxylic acids is 2. The maximum atomic E-state index is 11.9. The van der Waals surface area contributed by atoms with Crippen LogP contribution in [0.4, 0.5) is 0 Å². The molecule has 0 bridgehead atoms. The van der Waals surface area contributed by atoms with Crippen molar-refractivity contribution in [1.82, 2.24) is 0 Å². The molecule has 0 amide bonds. The number of thiazole rings is 1. The van der Waals surface area contributed by atoms with E-state index in [4.69, 9.17) is 9.47 Å². The summed E-state index contributed by atoms with van der Waals surface area (Å²) in [5.74, 6) is -0.406. The van der Waals surface area contributed by atoms with E-state index in [1.54, 1.807) is 11.3 Å². The maximum Gasteiger partial charge on any atom is 0.306 e. The van der Waals surface area contributed by atoms with Gasteiger partial charge in [-0.3, -0.25) is 9.59 Å². The summed E-state index contributed by atoms with van der Waals surface area (Å²) in [6.07, 6.45) is 22.5. The number of unbranched alkanes of at least 4 members (excludes halogenated alkanes) is 14. The van der Waals surface area contributed by atoms with Crippen molar-refractivity contribution in [2.45, 2.75) is 129 Å². The third-order valence-corrected chi connectivity index (χ3v) is 6.85. The lowest BCUT2D eigenvalue weighted by Gasteiger charge is -2.09. The Balaban J connectivity index is 0.0000122. The number of hydrogen-bond donors (Lipinski definition) is 0. The zero-order valence-electron chi connectivity index (χ0n) is 22.7. The van der Waals surface area contributed by atoms with Gasteiger partial charge in [-0.05, 0) is 24.8 Å². The van der Waals surface area contributed by atoms with Gasteiger partial charge in [-0.2, -0.15) is 4.57 Å². The molecule has 0 fully saturated rings. The minimum Gasteiger partial charge on any atom is -1.00 e. The molecule has 0 aliphatic carbocycles. The van der Waals surface area contributed by atoms with Crippen LogP contribution in [0.5, 0.6) is 0 Å². The van der Waals surface area contributed by atoms with Crippen molar-refractivity contribution in [2.24, 2.45) is 0 Å². The molecule has 0 unspecified atom stereocenters. The fourth-order valence-electron chi connectivity index (χ4n) is 3.97. The average molecular weight is 589 g/mol. The molecule has 7 heteroatoms. The van der Waals surface area contributed by atoms with E-state index in [2.05, 4.69) is 35.2 Å². The molecule has 5 nitrogen and oxygen atoms in total. The molecular weight excluding hydrogens is 538 g/mol. The summed E-state index contributed by atoms with van der Waals surface area (Å²) >= 11 is 1.68. The molecule has 0 spiro atoms. The molecule has 0 aliphatic rings. The van der Waals surface area contributed by atoms with Gasteiger partial charge in [0.05, 0.1) is 5.38 Å². The summed E-state index contributed by atoms with van der Waals surface area (Å²) in [5, 5.41) is 2.06. The first-order valence-corrected chi connectivity index (χ1v) is 14.9. The molecule has 0 saturated carbocycles. The van der Waals surface area contributed by atoms with Crippen LogP contribution in [0.3, 0.4) is 0 Å². The fraction of sp³-hybridized carbons (Fsp3) is 0.759. The fourth-order valence-corrected chi connectivity index (χ4v) is 4.60. The number of esters is 2. The van der Waals surface area contributed by atoms with Crippen molar-refractivity contribution in [3.8, 4) is 0 Å². The van der Waals surface area contributed by atoms with Crippen molar-refractivity contribution in [3.05, 3.63) is 29.2 Å². The van der Waals surface area contributed by atoms with Gasteiger partial charge in [0, 0.05) is 19.3 Å². The molecule has 0 N–H and O–H groups in total. The molecule has 1 heterocycles. The number of aryl methyl sites for hydroxylation is 1. The Bertz CT molecular complexity index is 666. The Morgan fingerprint density at radius 2 is 1.17 bits per heavy atom. The maximum absolute atomic E-state index is 11.9. The quantitative estimate of drug-likeness (QED) is 0.0759. The van der Waals surface area contributed by atoms with E-state index in [0.717, 1.165) is 38.6 Å². The van der Waals surface area contributed by atoms with Crippen LogP contribution in [0.25, 0.3) is 0 Å². The van der Waals surface area contributed by atoms with Crippen molar-refractivity contribution >= 4 is 23.3 Å². The third-order valence-electron chi connectivity index (χ3n) is 6.18. The minimum atomic E-state index is -0.215. The SMILES string of the molecule is C=C(COC(=O)CCCCCCCCCCCCCCC)COC(=O)CCCCC[n+]1ccsc1.[Br-]. The smallest absolute Gasteiger partial charge is 0.306 e. The highest BCUT2D eigenvalue weighted by atomic mass is 79.9. The average Bonchev–Trinajstić information content (AvgIpc) is 3.37. The van der Waals surface area contributed by atoms with Gasteiger partial charge in [0.15, 0.2) is 6.20 Å². The first kappa shape index (κ1) is 34.8. The number of hydrogen-bond acceptors (Lipinski definition) is 5. The van der Waals surface area contributed by atoms with Crippen LogP contribution in [0.2, 0.25) is 0 Å². The second-order valence-corrected chi connectivity index (χ2v) is 10.4. The highest BCUT2D eigenvalue weighted by Gasteiger charge is 2.08. The van der Waals surface area contributed by atoms with Crippen LogP contribution < -0.4 is 21.5 Å². The van der Waals surface area contributed by atoms with Gasteiger partial charge in [-0.1, -0.05) is 102 Å². The van der Waals surface area contributed by atoms with Crippen LogP contribution in [0.15, 0.2) is 29.2 Å². The van der Waals surface area contributed by atoms with E-state index in [0.29, 0.717) is 18.4 Å². The minimum absolute atomic E-state index is 0. The molecule has 36 heavy (non-hydrogen) atoms. The summed E-state index contributed by atoms with van der Waals surface area (Å²) < 4.78 is 12.7. The normalized spacial score (nSPS) is 10.6. The zero-order valence-corrected chi connectivity index (χ0v) is 25.1. The van der Waals surface area contributed by atoms with Gasteiger partial charge < -0.3 is 26.5 Å². The van der Waals surface area contributed by atoms with Gasteiger partial charge >= 0.3 is 11.9 Å². The Kier molecular flexibility index (Phi) is 24.6. The second kappa shape index (κ2) is 25.4. The Hall–Kier alpha value is -1.21. The van der Waals surface area contributed by atoms with Crippen LogP contribution in [-0.2, 0) is 25.6 Å². The number of carbonyl (C=O) groups is 2. The van der Waals surface area contributed by atoms with E-state index in [9.17, 15) is 9.59 Å². The molecule has 0 saturated heterocycles. The van der Waals surface area contributed by atoms with Gasteiger partial charge in [0.25, 0.3) is 0 Å². The molecule has 1 rings (SSSR count). The largest absolute Gasteiger partial charge is 1.00 e.